The first-order valence-corrected chi connectivity index (χ1v) is 10.2. The summed E-state index contributed by atoms with van der Waals surface area (Å²) in [7, 11) is 1.55. The molecule has 0 saturated heterocycles. The zero-order valence-electron chi connectivity index (χ0n) is 15.9. The van der Waals surface area contributed by atoms with Gasteiger partial charge in [0, 0.05) is 10.6 Å². The number of carbonyl (C=O) groups is 2. The highest BCUT2D eigenvalue weighted by Gasteiger charge is 2.11. The van der Waals surface area contributed by atoms with E-state index in [1.807, 2.05) is 13.8 Å². The summed E-state index contributed by atoms with van der Waals surface area (Å²) in [6.07, 6.45) is 0. The summed E-state index contributed by atoms with van der Waals surface area (Å²) >= 11 is 13.2. The SMILES string of the molecule is COc1ccc(C(=O)NC(=S)NNC(=O)COc2cc(C)c(Cl)c(C)c2)cc1I. The van der Waals surface area contributed by atoms with Crippen LogP contribution in [0.1, 0.15) is 21.5 Å². The number of ether oxygens (including phenoxy) is 2. The predicted molar refractivity (Wildman–Crippen MR) is 123 cm³/mol. The van der Waals surface area contributed by atoms with Gasteiger partial charge in [0.05, 0.1) is 10.7 Å². The number of aryl methyl sites for hydroxylation is 2. The molecule has 0 aliphatic carbocycles. The lowest BCUT2D eigenvalue weighted by Gasteiger charge is -2.13. The summed E-state index contributed by atoms with van der Waals surface area (Å²) in [6, 6.07) is 8.46. The Balaban J connectivity index is 1.80. The van der Waals surface area contributed by atoms with E-state index in [1.54, 1.807) is 37.4 Å². The molecule has 2 rings (SSSR count). The van der Waals surface area contributed by atoms with Gasteiger partial charge in [0.2, 0.25) is 0 Å². The van der Waals surface area contributed by atoms with Crippen LogP contribution in [0.25, 0.3) is 0 Å². The van der Waals surface area contributed by atoms with Gasteiger partial charge in [-0.1, -0.05) is 11.6 Å². The molecule has 10 heteroatoms. The first-order valence-electron chi connectivity index (χ1n) is 8.34. The van der Waals surface area contributed by atoms with Crippen LogP contribution in [-0.2, 0) is 4.79 Å². The van der Waals surface area contributed by atoms with Crippen LogP contribution in [0, 0.1) is 17.4 Å². The van der Waals surface area contributed by atoms with Crippen molar-refractivity contribution in [3.05, 3.63) is 55.6 Å². The van der Waals surface area contributed by atoms with Crippen molar-refractivity contribution in [1.82, 2.24) is 16.2 Å². The number of halogens is 2. The second kappa shape index (κ2) is 10.6. The van der Waals surface area contributed by atoms with Crippen LogP contribution in [0.2, 0.25) is 5.02 Å². The van der Waals surface area contributed by atoms with Crippen LogP contribution < -0.4 is 25.6 Å². The Morgan fingerprint density at radius 2 is 1.79 bits per heavy atom. The molecule has 0 aliphatic heterocycles. The summed E-state index contributed by atoms with van der Waals surface area (Å²) < 4.78 is 11.4. The van der Waals surface area contributed by atoms with Gasteiger partial charge in [0.25, 0.3) is 11.8 Å². The lowest BCUT2D eigenvalue weighted by atomic mass is 10.1. The van der Waals surface area contributed by atoms with Crippen molar-refractivity contribution in [2.24, 2.45) is 0 Å². The van der Waals surface area contributed by atoms with Crippen LogP contribution in [0.3, 0.4) is 0 Å². The molecule has 154 valence electrons. The average molecular weight is 548 g/mol. The van der Waals surface area contributed by atoms with Crippen molar-refractivity contribution < 1.29 is 19.1 Å². The molecular weight excluding hydrogens is 529 g/mol. The topological polar surface area (TPSA) is 88.7 Å². The highest BCUT2D eigenvalue weighted by molar-refractivity contribution is 14.1. The molecule has 0 aliphatic rings. The average Bonchev–Trinajstić information content (AvgIpc) is 2.68. The molecule has 3 N–H and O–H groups in total. The number of hydrogen-bond acceptors (Lipinski definition) is 5. The molecule has 29 heavy (non-hydrogen) atoms. The van der Waals surface area contributed by atoms with E-state index in [0.717, 1.165) is 14.7 Å². The van der Waals surface area contributed by atoms with E-state index in [2.05, 4.69) is 38.8 Å². The molecule has 0 heterocycles. The summed E-state index contributed by atoms with van der Waals surface area (Å²) in [5.74, 6) is 0.317. The molecule has 0 spiro atoms. The molecule has 7 nitrogen and oxygen atoms in total. The number of carbonyl (C=O) groups excluding carboxylic acids is 2. The van der Waals surface area contributed by atoms with Crippen molar-refractivity contribution >= 4 is 63.3 Å². The van der Waals surface area contributed by atoms with Crippen LogP contribution in [-0.4, -0.2) is 30.6 Å². The van der Waals surface area contributed by atoms with Gasteiger partial charge >= 0.3 is 0 Å². The van der Waals surface area contributed by atoms with Crippen LogP contribution >= 0.6 is 46.4 Å². The zero-order valence-corrected chi connectivity index (χ0v) is 19.6. The van der Waals surface area contributed by atoms with Gasteiger partial charge in [0.1, 0.15) is 11.5 Å². The summed E-state index contributed by atoms with van der Waals surface area (Å²) in [6.45, 7) is 3.48. The maximum Gasteiger partial charge on any atom is 0.276 e. The Kier molecular flexibility index (Phi) is 8.47. The second-order valence-electron chi connectivity index (χ2n) is 5.97. The highest BCUT2D eigenvalue weighted by atomic mass is 127. The van der Waals surface area contributed by atoms with Gasteiger partial charge in [-0.2, -0.15) is 0 Å². The molecule has 0 bridgehead atoms. The number of hydrogen-bond donors (Lipinski definition) is 3. The van der Waals surface area contributed by atoms with E-state index < -0.39 is 11.8 Å². The van der Waals surface area contributed by atoms with Crippen LogP contribution in [0.15, 0.2) is 30.3 Å². The molecule has 0 aromatic heterocycles. The number of nitrogens with one attached hydrogen (secondary N) is 3. The van der Waals surface area contributed by atoms with Crippen molar-refractivity contribution in [2.45, 2.75) is 13.8 Å². The van der Waals surface area contributed by atoms with Crippen molar-refractivity contribution in [3.63, 3.8) is 0 Å². The lowest BCUT2D eigenvalue weighted by molar-refractivity contribution is -0.123. The van der Waals surface area contributed by atoms with Gasteiger partial charge in [-0.15, -0.1) is 0 Å². The Labute approximate surface area is 192 Å². The fraction of sp³-hybridized carbons (Fsp3) is 0.211. The summed E-state index contributed by atoms with van der Waals surface area (Å²) in [5, 5.41) is 3.09. The Morgan fingerprint density at radius 3 is 2.38 bits per heavy atom. The Hall–Kier alpha value is -2.11. The van der Waals surface area contributed by atoms with E-state index in [0.29, 0.717) is 22.1 Å². The number of amides is 2. The first-order chi connectivity index (χ1) is 13.7. The van der Waals surface area contributed by atoms with E-state index in [4.69, 9.17) is 33.3 Å². The van der Waals surface area contributed by atoms with E-state index in [1.165, 1.54) is 0 Å². The Bertz CT molecular complexity index is 932. The standard InChI is InChI=1S/C19H19ClIN3O4S/c1-10-6-13(7-11(2)17(10)20)28-9-16(25)23-24-19(29)22-18(26)12-4-5-15(27-3)14(21)8-12/h4-8H,9H2,1-3H3,(H,23,25)(H2,22,24,26,29). The third kappa shape index (κ3) is 6.72. The maximum absolute atomic E-state index is 12.2. The molecular formula is C19H19ClIN3O4S. The minimum atomic E-state index is -0.467. The van der Waals surface area contributed by atoms with Crippen LogP contribution in [0.4, 0.5) is 0 Å². The van der Waals surface area contributed by atoms with E-state index in [9.17, 15) is 9.59 Å². The fourth-order valence-corrected chi connectivity index (χ4v) is 3.30. The molecule has 0 saturated carbocycles. The molecule has 0 atom stereocenters. The maximum atomic E-state index is 12.2. The number of methoxy groups -OCH3 is 1. The minimum absolute atomic E-state index is 0.0487. The quantitative estimate of drug-likeness (QED) is 0.303. The lowest BCUT2D eigenvalue weighted by Crippen LogP contribution is -2.49. The number of thiocarbonyl (C=S) groups is 1. The molecule has 0 fully saturated rings. The van der Waals surface area contributed by atoms with E-state index >= 15 is 0 Å². The normalized spacial score (nSPS) is 10.1. The van der Waals surface area contributed by atoms with Gasteiger partial charge in [-0.25, -0.2) is 0 Å². The first kappa shape index (κ1) is 23.2. The monoisotopic (exact) mass is 547 g/mol. The zero-order chi connectivity index (χ0) is 21.6. The van der Waals surface area contributed by atoms with Gasteiger partial charge in [-0.05, 0) is 90.1 Å². The third-order valence-electron chi connectivity index (χ3n) is 3.74. The van der Waals surface area contributed by atoms with Gasteiger partial charge < -0.3 is 9.47 Å². The molecule has 2 aromatic carbocycles. The number of benzene rings is 2. The largest absolute Gasteiger partial charge is 0.496 e. The number of hydrazine groups is 1. The highest BCUT2D eigenvalue weighted by Crippen LogP contribution is 2.25. The van der Waals surface area contributed by atoms with Crippen molar-refractivity contribution in [2.75, 3.05) is 13.7 Å². The smallest absolute Gasteiger partial charge is 0.276 e. The predicted octanol–water partition coefficient (Wildman–Crippen LogP) is 3.28. The summed E-state index contributed by atoms with van der Waals surface area (Å²) in [4.78, 5) is 24.1. The molecule has 0 radical (unpaired) electrons. The van der Waals surface area contributed by atoms with E-state index in [-0.39, 0.29) is 11.7 Å². The minimum Gasteiger partial charge on any atom is -0.496 e. The van der Waals surface area contributed by atoms with Gasteiger partial charge in [0.15, 0.2) is 11.7 Å². The molecule has 0 unspecified atom stereocenters. The van der Waals surface area contributed by atoms with Gasteiger partial charge in [-0.3, -0.25) is 25.8 Å². The fourth-order valence-electron chi connectivity index (χ4n) is 2.32. The number of rotatable bonds is 5. The van der Waals surface area contributed by atoms with Crippen molar-refractivity contribution in [3.8, 4) is 11.5 Å². The second-order valence-corrected chi connectivity index (χ2v) is 7.91. The molecule has 2 amide bonds. The third-order valence-corrected chi connectivity index (χ3v) is 5.38. The Morgan fingerprint density at radius 1 is 1.14 bits per heavy atom. The molecule has 2 aromatic rings. The van der Waals surface area contributed by atoms with Crippen molar-refractivity contribution in [1.29, 1.82) is 0 Å². The van der Waals surface area contributed by atoms with Crippen LogP contribution in [0.5, 0.6) is 11.5 Å². The summed E-state index contributed by atoms with van der Waals surface area (Å²) in [5.41, 5.74) is 6.95.